The third-order valence-corrected chi connectivity index (χ3v) is 4.14. The van der Waals surface area contributed by atoms with Crippen molar-refractivity contribution in [3.05, 3.63) is 79.1 Å². The van der Waals surface area contributed by atoms with E-state index in [-0.39, 0.29) is 0 Å². The Hall–Kier alpha value is -2.94. The molecule has 108 valence electrons. The molecule has 3 aromatic carbocycles. The van der Waals surface area contributed by atoms with Crippen molar-refractivity contribution in [1.82, 2.24) is 9.97 Å². The van der Waals surface area contributed by atoms with Gasteiger partial charge in [-0.3, -0.25) is 9.97 Å². The minimum absolute atomic E-state index is 0.921. The van der Waals surface area contributed by atoms with Crippen LogP contribution < -0.4 is 5.46 Å². The summed E-state index contributed by atoms with van der Waals surface area (Å²) in [6, 6.07) is 23.3. The lowest BCUT2D eigenvalue weighted by Gasteiger charge is -2.13. The van der Waals surface area contributed by atoms with Gasteiger partial charge in [0.1, 0.15) is 7.85 Å². The lowest BCUT2D eigenvalue weighted by atomic mass is 9.84. The smallest absolute Gasteiger partial charge is 0.140 e. The summed E-state index contributed by atoms with van der Waals surface area (Å²) in [5.41, 5.74) is 8.01. The summed E-state index contributed by atoms with van der Waals surface area (Å²) in [6.07, 6.45) is 3.46. The zero-order valence-corrected chi connectivity index (χ0v) is 12.9. The predicted octanol–water partition coefficient (Wildman–Crippen LogP) is 3.22. The van der Waals surface area contributed by atoms with Gasteiger partial charge in [-0.2, -0.15) is 0 Å². The topological polar surface area (TPSA) is 25.8 Å². The Balaban J connectivity index is 1.93. The van der Waals surface area contributed by atoms with Crippen molar-refractivity contribution < 1.29 is 0 Å². The molecule has 0 fully saturated rings. The third-order valence-electron chi connectivity index (χ3n) is 4.14. The van der Waals surface area contributed by atoms with E-state index in [9.17, 15) is 0 Å². The van der Waals surface area contributed by atoms with E-state index in [0.717, 1.165) is 16.6 Å². The van der Waals surface area contributed by atoms with Gasteiger partial charge < -0.3 is 0 Å². The Labute approximate surface area is 136 Å². The summed E-state index contributed by atoms with van der Waals surface area (Å²) in [6.45, 7) is 0. The van der Waals surface area contributed by atoms with E-state index in [4.69, 9.17) is 0 Å². The Morgan fingerprint density at radius 3 is 2.04 bits per heavy atom. The Bertz CT molecular complexity index is 995. The van der Waals surface area contributed by atoms with Gasteiger partial charge >= 0.3 is 0 Å². The minimum atomic E-state index is 0.921. The summed E-state index contributed by atoms with van der Waals surface area (Å²) in [4.78, 5) is 8.77. The number of rotatable bonds is 2. The van der Waals surface area contributed by atoms with Gasteiger partial charge in [0, 0.05) is 12.4 Å². The lowest BCUT2D eigenvalue weighted by molar-refractivity contribution is 1.29. The van der Waals surface area contributed by atoms with Crippen LogP contribution in [0.4, 0.5) is 0 Å². The molecule has 2 nitrogen and oxygen atoms in total. The van der Waals surface area contributed by atoms with Crippen LogP contribution in [0.25, 0.3) is 33.3 Å². The number of benzene rings is 3. The summed E-state index contributed by atoms with van der Waals surface area (Å²) < 4.78 is 0. The number of hydrogen-bond acceptors (Lipinski definition) is 2. The normalized spacial score (nSPS) is 10.8. The van der Waals surface area contributed by atoms with Crippen LogP contribution >= 0.6 is 0 Å². The highest BCUT2D eigenvalue weighted by molar-refractivity contribution is 6.36. The van der Waals surface area contributed by atoms with Gasteiger partial charge in [-0.25, -0.2) is 0 Å². The van der Waals surface area contributed by atoms with Crippen molar-refractivity contribution >= 4 is 24.3 Å². The van der Waals surface area contributed by atoms with Gasteiger partial charge in [0.05, 0.1) is 11.0 Å². The molecule has 1 heterocycles. The zero-order valence-electron chi connectivity index (χ0n) is 12.9. The van der Waals surface area contributed by atoms with Gasteiger partial charge in [0.15, 0.2) is 0 Å². The monoisotopic (exact) mass is 294 g/mol. The minimum Gasteiger partial charge on any atom is -0.253 e. The van der Waals surface area contributed by atoms with Crippen molar-refractivity contribution in [2.75, 3.05) is 0 Å². The van der Waals surface area contributed by atoms with Crippen LogP contribution in [0.15, 0.2) is 79.1 Å². The molecule has 0 unspecified atom stereocenters. The van der Waals surface area contributed by atoms with Crippen molar-refractivity contribution in [2.24, 2.45) is 0 Å². The first-order valence-corrected chi connectivity index (χ1v) is 7.69. The van der Waals surface area contributed by atoms with Crippen LogP contribution in [0, 0.1) is 0 Å². The van der Waals surface area contributed by atoms with E-state index in [1.807, 2.05) is 6.07 Å². The van der Waals surface area contributed by atoms with Crippen LogP contribution in [0.1, 0.15) is 0 Å². The van der Waals surface area contributed by atoms with Gasteiger partial charge in [-0.1, -0.05) is 60.1 Å². The molecule has 0 saturated heterocycles. The molecule has 0 aliphatic heterocycles. The summed E-state index contributed by atoms with van der Waals surface area (Å²) >= 11 is 0. The largest absolute Gasteiger partial charge is 0.253 e. The van der Waals surface area contributed by atoms with E-state index in [0.29, 0.717) is 0 Å². The van der Waals surface area contributed by atoms with Crippen LogP contribution in [-0.4, -0.2) is 17.8 Å². The molecule has 0 N–H and O–H groups in total. The average molecular weight is 294 g/mol. The Morgan fingerprint density at radius 1 is 0.609 bits per heavy atom. The molecule has 4 aromatic rings. The Morgan fingerprint density at radius 2 is 1.26 bits per heavy atom. The molecule has 1 aromatic heterocycles. The Kier molecular flexibility index (Phi) is 3.39. The van der Waals surface area contributed by atoms with Crippen LogP contribution in [0.3, 0.4) is 0 Å². The van der Waals surface area contributed by atoms with E-state index in [2.05, 4.69) is 78.5 Å². The van der Waals surface area contributed by atoms with Crippen LogP contribution in [0.5, 0.6) is 0 Å². The maximum Gasteiger partial charge on any atom is 0.140 e. The summed E-state index contributed by atoms with van der Waals surface area (Å²) in [5.74, 6) is 0. The standard InChI is InChI=1S/C20H15BN2/c21-18-8-4-3-7-17(18)16-6-2-1-5-15(16)14-9-10-19-20(13-14)23-12-11-22-19/h1-13H,21H2. The molecule has 0 bridgehead atoms. The van der Waals surface area contributed by atoms with Gasteiger partial charge in [-0.15, -0.1) is 0 Å². The van der Waals surface area contributed by atoms with E-state index >= 15 is 0 Å². The molecule has 4 rings (SSSR count). The predicted molar refractivity (Wildman–Crippen MR) is 98.6 cm³/mol. The number of hydrogen-bond donors (Lipinski definition) is 0. The second-order valence-corrected chi connectivity index (χ2v) is 5.62. The maximum atomic E-state index is 4.42. The van der Waals surface area contributed by atoms with Crippen molar-refractivity contribution in [3.8, 4) is 22.3 Å². The van der Waals surface area contributed by atoms with E-state index < -0.39 is 0 Å². The van der Waals surface area contributed by atoms with Gasteiger partial charge in [0.2, 0.25) is 0 Å². The molecule has 0 radical (unpaired) electrons. The number of aromatic nitrogens is 2. The fourth-order valence-electron chi connectivity index (χ4n) is 2.98. The van der Waals surface area contributed by atoms with Gasteiger partial charge in [0.25, 0.3) is 0 Å². The highest BCUT2D eigenvalue weighted by Gasteiger charge is 2.09. The highest BCUT2D eigenvalue weighted by Crippen LogP contribution is 2.32. The zero-order chi connectivity index (χ0) is 15.6. The lowest BCUT2D eigenvalue weighted by Crippen LogP contribution is -2.06. The second-order valence-electron chi connectivity index (χ2n) is 5.62. The molecule has 23 heavy (non-hydrogen) atoms. The first-order valence-electron chi connectivity index (χ1n) is 7.69. The average Bonchev–Trinajstić information content (AvgIpc) is 2.62. The van der Waals surface area contributed by atoms with Crippen LogP contribution in [-0.2, 0) is 0 Å². The summed E-state index contributed by atoms with van der Waals surface area (Å²) in [7, 11) is 2.15. The quantitative estimate of drug-likeness (QED) is 0.530. The van der Waals surface area contributed by atoms with E-state index in [1.54, 1.807) is 12.4 Å². The molecular formula is C20H15BN2. The second kappa shape index (κ2) is 5.69. The van der Waals surface area contributed by atoms with Crippen molar-refractivity contribution in [2.45, 2.75) is 0 Å². The maximum absolute atomic E-state index is 4.42. The molecule has 3 heteroatoms. The van der Waals surface area contributed by atoms with Gasteiger partial charge in [-0.05, 0) is 34.4 Å². The molecule has 0 saturated carbocycles. The summed E-state index contributed by atoms with van der Waals surface area (Å²) in [5, 5.41) is 0. The number of nitrogens with zero attached hydrogens (tertiary/aromatic N) is 2. The third kappa shape index (κ3) is 2.51. The molecule has 0 spiro atoms. The molecule has 0 atom stereocenters. The highest BCUT2D eigenvalue weighted by atomic mass is 14.8. The molecular weight excluding hydrogens is 279 g/mol. The number of fused-ring (bicyclic) bond motifs is 1. The van der Waals surface area contributed by atoms with E-state index in [1.165, 1.54) is 22.2 Å². The first-order chi connectivity index (χ1) is 11.3. The molecule has 0 amide bonds. The first kappa shape index (κ1) is 13.7. The SMILES string of the molecule is Bc1ccccc1-c1ccccc1-c1ccc2nccnc2c1. The van der Waals surface area contributed by atoms with Crippen LogP contribution in [0.2, 0.25) is 0 Å². The van der Waals surface area contributed by atoms with Crippen molar-refractivity contribution in [3.63, 3.8) is 0 Å². The fraction of sp³-hybridized carbons (Fsp3) is 0. The van der Waals surface area contributed by atoms with Crippen molar-refractivity contribution in [1.29, 1.82) is 0 Å². The molecule has 0 aliphatic rings. The molecule has 0 aliphatic carbocycles. The fourth-order valence-corrected chi connectivity index (χ4v) is 2.98.